The van der Waals surface area contributed by atoms with Crippen LogP contribution in [-0.2, 0) is 19.5 Å². The second kappa shape index (κ2) is 8.95. The highest BCUT2D eigenvalue weighted by molar-refractivity contribution is 5.79. The Morgan fingerprint density at radius 2 is 2.08 bits per heavy atom. The lowest BCUT2D eigenvalue weighted by molar-refractivity contribution is 0.585. The third-order valence-corrected chi connectivity index (χ3v) is 3.42. The molecular formula is C16H22F2N6. The van der Waals surface area contributed by atoms with Gasteiger partial charge < -0.3 is 15.2 Å². The van der Waals surface area contributed by atoms with Crippen LogP contribution in [0.2, 0.25) is 0 Å². The molecule has 2 aromatic rings. The maximum atomic E-state index is 13.6. The first-order valence-electron chi connectivity index (χ1n) is 7.96. The number of aryl methyl sites for hydroxylation is 1. The van der Waals surface area contributed by atoms with Crippen molar-refractivity contribution in [1.82, 2.24) is 25.4 Å². The number of rotatable bonds is 7. The number of nitrogens with one attached hydrogen (secondary N) is 2. The Morgan fingerprint density at radius 1 is 1.25 bits per heavy atom. The van der Waals surface area contributed by atoms with Crippen LogP contribution < -0.4 is 10.6 Å². The predicted molar refractivity (Wildman–Crippen MR) is 88.6 cm³/mol. The third-order valence-electron chi connectivity index (χ3n) is 3.42. The molecule has 130 valence electrons. The van der Waals surface area contributed by atoms with E-state index in [1.807, 2.05) is 18.4 Å². The number of benzene rings is 1. The van der Waals surface area contributed by atoms with Crippen LogP contribution >= 0.6 is 0 Å². The molecule has 0 aliphatic carbocycles. The average Bonchev–Trinajstić information content (AvgIpc) is 3.03. The van der Waals surface area contributed by atoms with E-state index in [4.69, 9.17) is 0 Å². The summed E-state index contributed by atoms with van der Waals surface area (Å²) in [7, 11) is 0. The van der Waals surface area contributed by atoms with E-state index in [-0.39, 0.29) is 12.1 Å². The molecule has 24 heavy (non-hydrogen) atoms. The SMILES string of the molecule is CCNC(=NCc1cc(F)ccc1F)NCCn1cnnc1CC. The van der Waals surface area contributed by atoms with Gasteiger partial charge in [-0.25, -0.2) is 13.8 Å². The molecule has 6 nitrogen and oxygen atoms in total. The topological polar surface area (TPSA) is 67.1 Å². The number of aliphatic imine (C=N–C) groups is 1. The van der Waals surface area contributed by atoms with Crippen LogP contribution in [0.3, 0.4) is 0 Å². The summed E-state index contributed by atoms with van der Waals surface area (Å²) in [4.78, 5) is 4.29. The Labute approximate surface area is 140 Å². The number of halogens is 2. The molecule has 1 heterocycles. The highest BCUT2D eigenvalue weighted by Gasteiger charge is 2.05. The van der Waals surface area contributed by atoms with Gasteiger partial charge in [-0.15, -0.1) is 10.2 Å². The molecule has 0 bridgehead atoms. The van der Waals surface area contributed by atoms with Gasteiger partial charge in [-0.1, -0.05) is 6.92 Å². The van der Waals surface area contributed by atoms with E-state index < -0.39 is 11.6 Å². The number of hydrogen-bond acceptors (Lipinski definition) is 3. The molecule has 0 saturated heterocycles. The second-order valence-corrected chi connectivity index (χ2v) is 5.15. The van der Waals surface area contributed by atoms with Gasteiger partial charge in [0.05, 0.1) is 6.54 Å². The minimum atomic E-state index is -0.473. The van der Waals surface area contributed by atoms with Crippen LogP contribution in [0.15, 0.2) is 29.5 Å². The van der Waals surface area contributed by atoms with Gasteiger partial charge in [0.15, 0.2) is 5.96 Å². The molecule has 0 fully saturated rings. The fourth-order valence-corrected chi connectivity index (χ4v) is 2.20. The van der Waals surface area contributed by atoms with E-state index in [2.05, 4.69) is 25.8 Å². The minimum Gasteiger partial charge on any atom is -0.357 e. The van der Waals surface area contributed by atoms with Crippen LogP contribution in [0, 0.1) is 11.6 Å². The number of guanidine groups is 1. The van der Waals surface area contributed by atoms with Crippen molar-refractivity contribution < 1.29 is 8.78 Å². The van der Waals surface area contributed by atoms with Crippen LogP contribution in [0.4, 0.5) is 8.78 Å². The molecule has 8 heteroatoms. The van der Waals surface area contributed by atoms with E-state index >= 15 is 0 Å². The summed E-state index contributed by atoms with van der Waals surface area (Å²) in [5.41, 5.74) is 0.222. The van der Waals surface area contributed by atoms with Gasteiger partial charge in [0.2, 0.25) is 0 Å². The largest absolute Gasteiger partial charge is 0.357 e. The van der Waals surface area contributed by atoms with Gasteiger partial charge in [-0.2, -0.15) is 0 Å². The Hall–Kier alpha value is -2.51. The van der Waals surface area contributed by atoms with E-state index in [1.54, 1.807) is 6.33 Å². The summed E-state index contributed by atoms with van der Waals surface area (Å²) in [6, 6.07) is 3.36. The van der Waals surface area contributed by atoms with E-state index in [1.165, 1.54) is 0 Å². The molecule has 1 aromatic carbocycles. The fraction of sp³-hybridized carbons (Fsp3) is 0.438. The number of hydrogen-bond donors (Lipinski definition) is 2. The van der Waals surface area contributed by atoms with Gasteiger partial charge in [0.1, 0.15) is 23.8 Å². The molecule has 0 spiro atoms. The smallest absolute Gasteiger partial charge is 0.191 e. The normalized spacial score (nSPS) is 11.6. The molecule has 0 unspecified atom stereocenters. The molecule has 0 aliphatic heterocycles. The first-order valence-corrected chi connectivity index (χ1v) is 7.96. The summed E-state index contributed by atoms with van der Waals surface area (Å²) < 4.78 is 28.8. The standard InChI is InChI=1S/C16H22F2N6/c1-3-15-23-22-11-24(15)8-7-20-16(19-4-2)21-10-12-9-13(17)5-6-14(12)18/h5-6,9,11H,3-4,7-8,10H2,1-2H3,(H2,19,20,21). The van der Waals surface area contributed by atoms with Crippen molar-refractivity contribution in [2.75, 3.05) is 13.1 Å². The molecule has 0 saturated carbocycles. The van der Waals surface area contributed by atoms with Crippen LogP contribution in [0.1, 0.15) is 25.2 Å². The zero-order valence-electron chi connectivity index (χ0n) is 13.9. The zero-order valence-corrected chi connectivity index (χ0v) is 13.9. The van der Waals surface area contributed by atoms with Crippen molar-refractivity contribution in [3.63, 3.8) is 0 Å². The molecule has 0 radical (unpaired) electrons. The maximum Gasteiger partial charge on any atom is 0.191 e. The Balaban J connectivity index is 1.94. The number of nitrogens with zero attached hydrogens (tertiary/aromatic N) is 4. The van der Waals surface area contributed by atoms with E-state index in [9.17, 15) is 8.78 Å². The Kier molecular flexibility index (Phi) is 6.65. The third kappa shape index (κ3) is 5.00. The van der Waals surface area contributed by atoms with Crippen molar-refractivity contribution in [2.24, 2.45) is 4.99 Å². The average molecular weight is 336 g/mol. The molecule has 2 N–H and O–H groups in total. The van der Waals surface area contributed by atoms with Crippen molar-refractivity contribution in [3.05, 3.63) is 47.5 Å². The first kappa shape index (κ1) is 17.8. The predicted octanol–water partition coefficient (Wildman–Crippen LogP) is 1.87. The summed E-state index contributed by atoms with van der Waals surface area (Å²) in [5.74, 6) is 0.528. The van der Waals surface area contributed by atoms with Crippen molar-refractivity contribution in [3.8, 4) is 0 Å². The lowest BCUT2D eigenvalue weighted by atomic mass is 10.2. The highest BCUT2D eigenvalue weighted by Crippen LogP contribution is 2.10. The van der Waals surface area contributed by atoms with Gasteiger partial charge in [-0.05, 0) is 25.1 Å². The lowest BCUT2D eigenvalue weighted by Gasteiger charge is -2.12. The summed E-state index contributed by atoms with van der Waals surface area (Å²) in [6.07, 6.45) is 2.50. The molecule has 0 atom stereocenters. The summed E-state index contributed by atoms with van der Waals surface area (Å²) in [6.45, 7) is 6.00. The Bertz CT molecular complexity index is 683. The summed E-state index contributed by atoms with van der Waals surface area (Å²) in [5, 5.41) is 14.1. The van der Waals surface area contributed by atoms with Gasteiger partial charge >= 0.3 is 0 Å². The molecular weight excluding hydrogens is 314 g/mol. The zero-order chi connectivity index (χ0) is 17.4. The Morgan fingerprint density at radius 3 is 2.83 bits per heavy atom. The number of aromatic nitrogens is 3. The minimum absolute atomic E-state index is 0.0613. The highest BCUT2D eigenvalue weighted by atomic mass is 19.1. The van der Waals surface area contributed by atoms with Crippen molar-refractivity contribution in [1.29, 1.82) is 0 Å². The second-order valence-electron chi connectivity index (χ2n) is 5.15. The molecule has 2 rings (SSSR count). The van der Waals surface area contributed by atoms with E-state index in [0.717, 1.165) is 30.4 Å². The maximum absolute atomic E-state index is 13.6. The van der Waals surface area contributed by atoms with Crippen molar-refractivity contribution in [2.45, 2.75) is 33.4 Å². The summed E-state index contributed by atoms with van der Waals surface area (Å²) >= 11 is 0. The molecule has 1 aromatic heterocycles. The molecule has 0 amide bonds. The fourth-order valence-electron chi connectivity index (χ4n) is 2.20. The van der Waals surface area contributed by atoms with Gasteiger partial charge in [-0.3, -0.25) is 0 Å². The quantitative estimate of drug-likeness (QED) is 0.598. The van der Waals surface area contributed by atoms with Gasteiger partial charge in [0, 0.05) is 31.6 Å². The van der Waals surface area contributed by atoms with Crippen molar-refractivity contribution >= 4 is 5.96 Å². The van der Waals surface area contributed by atoms with E-state index in [0.29, 0.717) is 25.6 Å². The monoisotopic (exact) mass is 336 g/mol. The van der Waals surface area contributed by atoms with Gasteiger partial charge in [0.25, 0.3) is 0 Å². The molecule has 0 aliphatic rings. The van der Waals surface area contributed by atoms with Crippen LogP contribution in [-0.4, -0.2) is 33.8 Å². The lowest BCUT2D eigenvalue weighted by Crippen LogP contribution is -2.39. The van der Waals surface area contributed by atoms with Crippen LogP contribution in [0.25, 0.3) is 0 Å². The van der Waals surface area contributed by atoms with Crippen LogP contribution in [0.5, 0.6) is 0 Å². The first-order chi connectivity index (χ1) is 11.6.